The number of nitrogens with one attached hydrogen (secondary N) is 1. The first-order chi connectivity index (χ1) is 14.8. The average Bonchev–Trinajstić information content (AvgIpc) is 2.81. The Morgan fingerprint density at radius 3 is 2.47 bits per heavy atom. The number of nitriles is 1. The average molecular weight is 396 g/mol. The fourth-order valence-electron chi connectivity index (χ4n) is 3.38. The zero-order chi connectivity index (χ0) is 20.6. The van der Waals surface area contributed by atoms with Crippen molar-refractivity contribution in [2.24, 2.45) is 0 Å². The van der Waals surface area contributed by atoms with Crippen molar-refractivity contribution < 1.29 is 0 Å². The number of anilines is 3. The summed E-state index contributed by atoms with van der Waals surface area (Å²) >= 11 is 0. The summed E-state index contributed by atoms with van der Waals surface area (Å²) in [5.74, 6) is 1.49. The van der Waals surface area contributed by atoms with E-state index in [-0.39, 0.29) is 0 Å². The summed E-state index contributed by atoms with van der Waals surface area (Å²) in [6, 6.07) is 21.7. The molecule has 0 aliphatic carbocycles. The van der Waals surface area contributed by atoms with Gasteiger partial charge >= 0.3 is 0 Å². The summed E-state index contributed by atoms with van der Waals surface area (Å²) in [7, 11) is 0. The Bertz CT molecular complexity index is 1020. The third kappa shape index (κ3) is 5.22. The monoisotopic (exact) mass is 396 g/mol. The lowest BCUT2D eigenvalue weighted by Crippen LogP contribution is -2.46. The van der Waals surface area contributed by atoms with Crippen LogP contribution in [0.1, 0.15) is 11.1 Å². The predicted octanol–water partition coefficient (Wildman–Crippen LogP) is 3.93. The number of nitrogens with zero attached hydrogens (tertiary/aromatic N) is 5. The van der Waals surface area contributed by atoms with Crippen LogP contribution in [0.3, 0.4) is 0 Å². The Balaban J connectivity index is 1.30. The normalized spacial score (nSPS) is 14.6. The second-order valence-corrected chi connectivity index (χ2v) is 7.16. The van der Waals surface area contributed by atoms with E-state index in [2.05, 4.69) is 67.6 Å². The number of hydrogen-bond donors (Lipinski definition) is 1. The molecule has 0 bridgehead atoms. The zero-order valence-electron chi connectivity index (χ0n) is 16.8. The molecule has 6 nitrogen and oxygen atoms in total. The molecule has 1 saturated heterocycles. The highest BCUT2D eigenvalue weighted by Gasteiger charge is 2.18. The maximum atomic E-state index is 8.91. The highest BCUT2D eigenvalue weighted by atomic mass is 15.3. The van der Waals surface area contributed by atoms with Crippen LogP contribution in [0.25, 0.3) is 6.08 Å². The Labute approximate surface area is 177 Å². The minimum absolute atomic E-state index is 0.639. The van der Waals surface area contributed by atoms with Gasteiger partial charge in [0.15, 0.2) is 0 Å². The molecule has 0 amide bonds. The van der Waals surface area contributed by atoms with Gasteiger partial charge in [0, 0.05) is 44.6 Å². The van der Waals surface area contributed by atoms with Crippen LogP contribution in [0.4, 0.5) is 17.5 Å². The molecule has 2 aromatic carbocycles. The van der Waals surface area contributed by atoms with Crippen LogP contribution in [-0.2, 0) is 0 Å². The molecule has 1 aliphatic rings. The number of benzene rings is 2. The van der Waals surface area contributed by atoms with Crippen molar-refractivity contribution in [3.05, 3.63) is 84.1 Å². The lowest BCUT2D eigenvalue weighted by molar-refractivity contribution is 0.283. The smallest absolute Gasteiger partial charge is 0.227 e. The van der Waals surface area contributed by atoms with Crippen LogP contribution in [0, 0.1) is 11.3 Å². The molecule has 0 unspecified atom stereocenters. The summed E-state index contributed by atoms with van der Waals surface area (Å²) < 4.78 is 0. The highest BCUT2D eigenvalue weighted by molar-refractivity contribution is 5.58. The van der Waals surface area contributed by atoms with Crippen molar-refractivity contribution in [1.82, 2.24) is 14.9 Å². The molecule has 6 heteroatoms. The molecule has 4 rings (SSSR count). The SMILES string of the molecule is N#Cc1ccc(Nc2ccnc(N3CCN(C/C=C/c4ccccc4)CC3)n2)cc1. The molecule has 1 fully saturated rings. The number of hydrogen-bond acceptors (Lipinski definition) is 6. The van der Waals surface area contributed by atoms with E-state index in [1.54, 1.807) is 18.3 Å². The van der Waals surface area contributed by atoms with Crippen LogP contribution in [-0.4, -0.2) is 47.6 Å². The fourth-order valence-corrected chi connectivity index (χ4v) is 3.38. The van der Waals surface area contributed by atoms with E-state index < -0.39 is 0 Å². The summed E-state index contributed by atoms with van der Waals surface area (Å²) in [5, 5.41) is 12.2. The topological polar surface area (TPSA) is 68.1 Å². The van der Waals surface area contributed by atoms with Gasteiger partial charge < -0.3 is 10.2 Å². The molecule has 1 N–H and O–H groups in total. The lowest BCUT2D eigenvalue weighted by atomic mass is 10.2. The summed E-state index contributed by atoms with van der Waals surface area (Å²) in [6.07, 6.45) is 6.18. The van der Waals surface area contributed by atoms with E-state index in [4.69, 9.17) is 5.26 Å². The van der Waals surface area contributed by atoms with Gasteiger partial charge in [0.1, 0.15) is 5.82 Å². The maximum absolute atomic E-state index is 8.91. The summed E-state index contributed by atoms with van der Waals surface area (Å²) in [4.78, 5) is 13.8. The molecular weight excluding hydrogens is 372 g/mol. The van der Waals surface area contributed by atoms with Gasteiger partial charge in [-0.25, -0.2) is 4.98 Å². The van der Waals surface area contributed by atoms with Gasteiger partial charge in [-0.1, -0.05) is 42.5 Å². The van der Waals surface area contributed by atoms with Crippen LogP contribution >= 0.6 is 0 Å². The van der Waals surface area contributed by atoms with Gasteiger partial charge in [-0.05, 0) is 35.9 Å². The summed E-state index contributed by atoms with van der Waals surface area (Å²) in [6.45, 7) is 4.72. The standard InChI is InChI=1S/C24H24N6/c25-19-21-8-10-22(11-9-21)27-23-12-13-26-24(28-23)30-17-15-29(16-18-30)14-4-7-20-5-2-1-3-6-20/h1-13H,14-18H2,(H,26,27,28)/b7-4+. The molecule has 2 heterocycles. The van der Waals surface area contributed by atoms with Crippen molar-refractivity contribution >= 4 is 23.5 Å². The minimum Gasteiger partial charge on any atom is -0.340 e. The van der Waals surface area contributed by atoms with Gasteiger partial charge in [-0.3, -0.25) is 4.90 Å². The molecule has 0 atom stereocenters. The molecular formula is C24H24N6. The number of rotatable bonds is 6. The van der Waals surface area contributed by atoms with Gasteiger partial charge in [0.2, 0.25) is 5.95 Å². The van der Waals surface area contributed by atoms with E-state index in [1.165, 1.54) is 5.56 Å². The largest absolute Gasteiger partial charge is 0.340 e. The molecule has 1 aromatic heterocycles. The quantitative estimate of drug-likeness (QED) is 0.681. The van der Waals surface area contributed by atoms with Crippen molar-refractivity contribution in [3.8, 4) is 6.07 Å². The van der Waals surface area contributed by atoms with Gasteiger partial charge in [-0.15, -0.1) is 0 Å². The van der Waals surface area contributed by atoms with E-state index >= 15 is 0 Å². The Morgan fingerprint density at radius 2 is 1.73 bits per heavy atom. The van der Waals surface area contributed by atoms with E-state index in [1.807, 2.05) is 24.3 Å². The zero-order valence-corrected chi connectivity index (χ0v) is 16.8. The van der Waals surface area contributed by atoms with Crippen LogP contribution < -0.4 is 10.2 Å². The van der Waals surface area contributed by atoms with Gasteiger partial charge in [0.25, 0.3) is 0 Å². The summed E-state index contributed by atoms with van der Waals surface area (Å²) in [5.41, 5.74) is 2.77. The Kier molecular flexibility index (Phi) is 6.33. The minimum atomic E-state index is 0.639. The van der Waals surface area contributed by atoms with Crippen molar-refractivity contribution in [3.63, 3.8) is 0 Å². The molecule has 0 spiro atoms. The van der Waals surface area contributed by atoms with Gasteiger partial charge in [-0.2, -0.15) is 10.2 Å². The van der Waals surface area contributed by atoms with E-state index in [0.29, 0.717) is 5.56 Å². The second kappa shape index (κ2) is 9.68. The molecule has 30 heavy (non-hydrogen) atoms. The van der Waals surface area contributed by atoms with Crippen LogP contribution in [0.5, 0.6) is 0 Å². The van der Waals surface area contributed by atoms with E-state index in [9.17, 15) is 0 Å². The molecule has 0 radical (unpaired) electrons. The van der Waals surface area contributed by atoms with Gasteiger partial charge in [0.05, 0.1) is 11.6 Å². The molecule has 3 aromatic rings. The first kappa shape index (κ1) is 19.6. The number of piperazine rings is 1. The molecule has 1 aliphatic heterocycles. The fraction of sp³-hybridized carbons (Fsp3) is 0.208. The second-order valence-electron chi connectivity index (χ2n) is 7.16. The third-order valence-electron chi connectivity index (χ3n) is 5.06. The number of aromatic nitrogens is 2. The van der Waals surface area contributed by atoms with Crippen molar-refractivity contribution in [2.75, 3.05) is 42.9 Å². The van der Waals surface area contributed by atoms with Crippen molar-refractivity contribution in [1.29, 1.82) is 5.26 Å². The van der Waals surface area contributed by atoms with Crippen molar-refractivity contribution in [2.45, 2.75) is 0 Å². The maximum Gasteiger partial charge on any atom is 0.227 e. The first-order valence-corrected chi connectivity index (χ1v) is 10.1. The Hall–Kier alpha value is -3.69. The third-order valence-corrected chi connectivity index (χ3v) is 5.06. The lowest BCUT2D eigenvalue weighted by Gasteiger charge is -2.34. The predicted molar refractivity (Wildman–Crippen MR) is 121 cm³/mol. The molecule has 150 valence electrons. The highest BCUT2D eigenvalue weighted by Crippen LogP contribution is 2.18. The Morgan fingerprint density at radius 1 is 0.967 bits per heavy atom. The molecule has 0 saturated carbocycles. The first-order valence-electron chi connectivity index (χ1n) is 10.1. The van der Waals surface area contributed by atoms with Crippen LogP contribution in [0.2, 0.25) is 0 Å². The van der Waals surface area contributed by atoms with E-state index in [0.717, 1.165) is 50.2 Å². The van der Waals surface area contributed by atoms with Crippen LogP contribution in [0.15, 0.2) is 72.9 Å².